The maximum Gasteiger partial charge on any atom is 0.222 e. The summed E-state index contributed by atoms with van der Waals surface area (Å²) in [6.07, 6.45) is 2.78. The molecule has 0 aliphatic carbocycles. The highest BCUT2D eigenvalue weighted by atomic mass is 35.5. The largest absolute Gasteiger partial charge is 0.381 e. The van der Waals surface area contributed by atoms with Crippen molar-refractivity contribution in [3.8, 4) is 0 Å². The van der Waals surface area contributed by atoms with Gasteiger partial charge in [-0.2, -0.15) is 11.8 Å². The normalized spacial score (nSPS) is 25.1. The Hall–Kier alpha value is -0.710. The summed E-state index contributed by atoms with van der Waals surface area (Å²) in [5.74, 6) is 2.22. The lowest BCUT2D eigenvalue weighted by Crippen LogP contribution is -2.47. The molecule has 0 saturated carbocycles. The van der Waals surface area contributed by atoms with E-state index in [1.807, 2.05) is 34.9 Å². The molecule has 2 aliphatic heterocycles. The molecule has 0 bridgehead atoms. The van der Waals surface area contributed by atoms with E-state index in [4.69, 9.17) is 16.3 Å². The number of benzene rings is 1. The maximum absolute atomic E-state index is 12.1. The zero-order valence-corrected chi connectivity index (χ0v) is 14.3. The van der Waals surface area contributed by atoms with Gasteiger partial charge in [-0.1, -0.05) is 23.7 Å². The number of rotatable bonds is 5. The predicted molar refractivity (Wildman–Crippen MR) is 91.3 cm³/mol. The molecule has 5 heteroatoms. The molecule has 3 rings (SSSR count). The van der Waals surface area contributed by atoms with Crippen molar-refractivity contribution in [1.82, 2.24) is 4.90 Å². The first-order valence-electron chi connectivity index (χ1n) is 7.85. The summed E-state index contributed by atoms with van der Waals surface area (Å²) in [5.41, 5.74) is 1.48. The molecular formula is C17H22ClNO2S. The Kier molecular flexibility index (Phi) is 5.32. The number of amides is 1. The van der Waals surface area contributed by atoms with E-state index in [1.165, 1.54) is 5.56 Å². The molecule has 0 radical (unpaired) electrons. The van der Waals surface area contributed by atoms with E-state index in [-0.39, 0.29) is 5.41 Å². The van der Waals surface area contributed by atoms with Crippen LogP contribution in [0.15, 0.2) is 24.3 Å². The number of carbonyl (C=O) groups is 1. The summed E-state index contributed by atoms with van der Waals surface area (Å²) >= 11 is 7.85. The van der Waals surface area contributed by atoms with Crippen LogP contribution in [-0.2, 0) is 15.3 Å². The molecule has 1 atom stereocenters. The van der Waals surface area contributed by atoms with Gasteiger partial charge in [0.25, 0.3) is 0 Å². The molecule has 0 unspecified atom stereocenters. The number of thioether (sulfide) groups is 1. The molecule has 0 N–H and O–H groups in total. The molecule has 2 saturated heterocycles. The first kappa shape index (κ1) is 16.2. The fourth-order valence-corrected chi connectivity index (χ4v) is 4.39. The molecule has 2 heterocycles. The average Bonchev–Trinajstić information content (AvgIpc) is 2.96. The van der Waals surface area contributed by atoms with E-state index >= 15 is 0 Å². The Morgan fingerprint density at radius 2 is 2.27 bits per heavy atom. The van der Waals surface area contributed by atoms with E-state index in [9.17, 15) is 4.79 Å². The Labute approximate surface area is 141 Å². The van der Waals surface area contributed by atoms with Crippen molar-refractivity contribution in [2.24, 2.45) is 5.41 Å². The van der Waals surface area contributed by atoms with Gasteiger partial charge >= 0.3 is 0 Å². The molecule has 3 nitrogen and oxygen atoms in total. The van der Waals surface area contributed by atoms with E-state index in [2.05, 4.69) is 6.07 Å². The van der Waals surface area contributed by atoms with Gasteiger partial charge in [0.15, 0.2) is 0 Å². The third kappa shape index (κ3) is 3.98. The number of halogens is 1. The standard InChI is InChI=1S/C17H22ClNO2S/c18-15-3-1-2-14(10-15)11-22-9-7-19-12-17(5-4-16(19)20)6-8-21-13-17/h1-3,10H,4-9,11-13H2/t17-/m1/s1. The van der Waals surface area contributed by atoms with Crippen LogP contribution in [0.5, 0.6) is 0 Å². The van der Waals surface area contributed by atoms with Crippen LogP contribution in [-0.4, -0.2) is 42.9 Å². The Morgan fingerprint density at radius 1 is 1.36 bits per heavy atom. The third-order valence-corrected chi connectivity index (χ3v) is 5.84. The molecule has 1 amide bonds. The lowest BCUT2D eigenvalue weighted by Gasteiger charge is -2.39. The smallest absolute Gasteiger partial charge is 0.222 e. The lowest BCUT2D eigenvalue weighted by molar-refractivity contribution is -0.137. The van der Waals surface area contributed by atoms with Crippen LogP contribution in [0.4, 0.5) is 0 Å². The number of likely N-dealkylation sites (tertiary alicyclic amines) is 1. The van der Waals surface area contributed by atoms with Crippen molar-refractivity contribution in [3.63, 3.8) is 0 Å². The second kappa shape index (κ2) is 7.24. The van der Waals surface area contributed by atoms with E-state index in [0.717, 1.165) is 55.7 Å². The summed E-state index contributed by atoms with van der Waals surface area (Å²) in [4.78, 5) is 14.1. The first-order chi connectivity index (χ1) is 10.7. The van der Waals surface area contributed by atoms with Crippen LogP contribution in [0.2, 0.25) is 5.02 Å². The van der Waals surface area contributed by atoms with Crippen LogP contribution < -0.4 is 0 Å². The minimum absolute atomic E-state index is 0.242. The quantitative estimate of drug-likeness (QED) is 0.768. The second-order valence-electron chi connectivity index (χ2n) is 6.30. The number of piperidine rings is 1. The summed E-state index contributed by atoms with van der Waals surface area (Å²) in [6, 6.07) is 7.97. The number of nitrogens with zero attached hydrogens (tertiary/aromatic N) is 1. The number of hydrogen-bond acceptors (Lipinski definition) is 3. The molecule has 2 aliphatic rings. The number of ether oxygens (including phenoxy) is 1. The van der Waals surface area contributed by atoms with E-state index < -0.39 is 0 Å². The van der Waals surface area contributed by atoms with Crippen molar-refractivity contribution < 1.29 is 9.53 Å². The van der Waals surface area contributed by atoms with Crippen molar-refractivity contribution in [2.45, 2.75) is 25.0 Å². The Balaban J connectivity index is 1.45. The monoisotopic (exact) mass is 339 g/mol. The first-order valence-corrected chi connectivity index (χ1v) is 9.38. The highest BCUT2D eigenvalue weighted by Gasteiger charge is 2.41. The van der Waals surface area contributed by atoms with Gasteiger partial charge < -0.3 is 9.64 Å². The van der Waals surface area contributed by atoms with Crippen molar-refractivity contribution in [3.05, 3.63) is 34.9 Å². The van der Waals surface area contributed by atoms with Gasteiger partial charge in [0.2, 0.25) is 5.91 Å². The van der Waals surface area contributed by atoms with Gasteiger partial charge in [-0.05, 0) is 30.5 Å². The molecular weight excluding hydrogens is 318 g/mol. The predicted octanol–water partition coefficient (Wildman–Crippen LogP) is 3.60. The van der Waals surface area contributed by atoms with Crippen LogP contribution in [0, 0.1) is 5.41 Å². The highest BCUT2D eigenvalue weighted by molar-refractivity contribution is 7.98. The molecule has 1 spiro atoms. The van der Waals surface area contributed by atoms with Crippen molar-refractivity contribution in [1.29, 1.82) is 0 Å². The van der Waals surface area contributed by atoms with Crippen LogP contribution in [0.1, 0.15) is 24.8 Å². The van der Waals surface area contributed by atoms with Crippen LogP contribution in [0.25, 0.3) is 0 Å². The molecule has 2 fully saturated rings. The van der Waals surface area contributed by atoms with Crippen LogP contribution in [0.3, 0.4) is 0 Å². The molecule has 1 aromatic rings. The van der Waals surface area contributed by atoms with Gasteiger partial charge in [0.05, 0.1) is 6.61 Å². The fourth-order valence-electron chi connectivity index (χ4n) is 3.27. The zero-order valence-electron chi connectivity index (χ0n) is 12.7. The van der Waals surface area contributed by atoms with Gasteiger partial charge in [-0.3, -0.25) is 4.79 Å². The van der Waals surface area contributed by atoms with Crippen molar-refractivity contribution >= 4 is 29.3 Å². The number of hydrogen-bond donors (Lipinski definition) is 0. The van der Waals surface area contributed by atoms with Crippen molar-refractivity contribution in [2.75, 3.05) is 32.1 Å². The minimum Gasteiger partial charge on any atom is -0.381 e. The average molecular weight is 340 g/mol. The summed E-state index contributed by atoms with van der Waals surface area (Å²) in [7, 11) is 0. The van der Waals surface area contributed by atoms with E-state index in [0.29, 0.717) is 12.3 Å². The summed E-state index contributed by atoms with van der Waals surface area (Å²) in [5, 5.41) is 0.785. The number of carbonyl (C=O) groups excluding carboxylic acids is 1. The van der Waals surface area contributed by atoms with E-state index in [1.54, 1.807) is 0 Å². The highest BCUT2D eigenvalue weighted by Crippen LogP contribution is 2.38. The van der Waals surface area contributed by atoms with Gasteiger partial charge in [-0.25, -0.2) is 0 Å². The Morgan fingerprint density at radius 3 is 3.05 bits per heavy atom. The third-order valence-electron chi connectivity index (χ3n) is 4.60. The summed E-state index contributed by atoms with van der Waals surface area (Å²) in [6.45, 7) is 3.40. The Bertz CT molecular complexity index is 531. The molecule has 0 aromatic heterocycles. The second-order valence-corrected chi connectivity index (χ2v) is 7.84. The van der Waals surface area contributed by atoms with Crippen LogP contribution >= 0.6 is 23.4 Å². The molecule has 22 heavy (non-hydrogen) atoms. The van der Waals surface area contributed by atoms with Gasteiger partial charge in [0.1, 0.15) is 0 Å². The molecule has 1 aromatic carbocycles. The van der Waals surface area contributed by atoms with Gasteiger partial charge in [0, 0.05) is 48.1 Å². The molecule has 120 valence electrons. The zero-order chi connectivity index (χ0) is 15.4. The SMILES string of the molecule is O=C1CC[C@@]2(CCOC2)CN1CCSCc1cccc(Cl)c1. The minimum atomic E-state index is 0.242. The maximum atomic E-state index is 12.1. The fraction of sp³-hybridized carbons (Fsp3) is 0.588. The topological polar surface area (TPSA) is 29.5 Å². The lowest BCUT2D eigenvalue weighted by atomic mass is 9.79. The van der Waals surface area contributed by atoms with Gasteiger partial charge in [-0.15, -0.1) is 0 Å². The summed E-state index contributed by atoms with van der Waals surface area (Å²) < 4.78 is 5.56.